The Morgan fingerprint density at radius 2 is 1.96 bits per heavy atom. The van der Waals surface area contributed by atoms with E-state index in [2.05, 4.69) is 29.3 Å². The van der Waals surface area contributed by atoms with Gasteiger partial charge in [0.2, 0.25) is 11.8 Å². The number of hydrogen-bond donors (Lipinski definition) is 1. The van der Waals surface area contributed by atoms with Crippen LogP contribution < -0.4 is 10.2 Å². The monoisotopic (exact) mass is 333 g/mol. The van der Waals surface area contributed by atoms with Crippen LogP contribution in [-0.4, -0.2) is 48.0 Å². The van der Waals surface area contributed by atoms with Crippen molar-refractivity contribution in [3.8, 4) is 0 Å². The quantitative estimate of drug-likeness (QED) is 0.919. The lowest BCUT2D eigenvalue weighted by atomic mass is 9.99. The summed E-state index contributed by atoms with van der Waals surface area (Å²) in [6.45, 7) is 4.64. The number of hydrogen-bond acceptors (Lipinski definition) is 4. The van der Waals surface area contributed by atoms with Crippen LogP contribution >= 0.6 is 11.8 Å². The molecule has 0 spiro atoms. The first-order valence-corrected chi connectivity index (χ1v) is 9.27. The van der Waals surface area contributed by atoms with Gasteiger partial charge in [-0.05, 0) is 43.0 Å². The summed E-state index contributed by atoms with van der Waals surface area (Å²) >= 11 is 1.55. The number of benzene rings is 1. The summed E-state index contributed by atoms with van der Waals surface area (Å²) in [4.78, 5) is 27.5. The molecular formula is C17H23N3O2S. The Kier molecular flexibility index (Phi) is 5.10. The molecule has 3 rings (SSSR count). The zero-order chi connectivity index (χ0) is 16.2. The highest BCUT2D eigenvalue weighted by Gasteiger charge is 2.23. The Balaban J connectivity index is 1.53. The molecule has 0 bridgehead atoms. The fourth-order valence-corrected chi connectivity index (χ4v) is 3.84. The Labute approximate surface area is 141 Å². The van der Waals surface area contributed by atoms with Gasteiger partial charge < -0.3 is 15.1 Å². The van der Waals surface area contributed by atoms with Crippen LogP contribution in [0.15, 0.2) is 24.3 Å². The molecule has 124 valence electrons. The molecule has 2 aliphatic rings. The zero-order valence-electron chi connectivity index (χ0n) is 13.5. The molecule has 0 atom stereocenters. The molecule has 0 aromatic heterocycles. The summed E-state index contributed by atoms with van der Waals surface area (Å²) in [5.74, 6) is 1.81. The van der Waals surface area contributed by atoms with Gasteiger partial charge in [-0.3, -0.25) is 9.59 Å². The predicted molar refractivity (Wildman–Crippen MR) is 94.7 cm³/mol. The second-order valence-electron chi connectivity index (χ2n) is 6.33. The highest BCUT2D eigenvalue weighted by atomic mass is 32.2. The minimum atomic E-state index is -0.139. The van der Waals surface area contributed by atoms with Crippen molar-refractivity contribution in [1.29, 1.82) is 0 Å². The van der Waals surface area contributed by atoms with Gasteiger partial charge in [0.1, 0.15) is 6.54 Å². The molecule has 2 saturated heterocycles. The van der Waals surface area contributed by atoms with E-state index in [4.69, 9.17) is 0 Å². The number of thioether (sulfide) groups is 1. The Hall–Kier alpha value is -1.69. The van der Waals surface area contributed by atoms with Crippen LogP contribution in [0, 0.1) is 5.92 Å². The topological polar surface area (TPSA) is 52.7 Å². The van der Waals surface area contributed by atoms with Gasteiger partial charge in [0.05, 0.1) is 11.6 Å². The van der Waals surface area contributed by atoms with Crippen molar-refractivity contribution < 1.29 is 9.59 Å². The lowest BCUT2D eigenvalue weighted by Gasteiger charge is -2.32. The van der Waals surface area contributed by atoms with Gasteiger partial charge >= 0.3 is 0 Å². The van der Waals surface area contributed by atoms with Crippen molar-refractivity contribution in [2.24, 2.45) is 5.92 Å². The molecule has 2 amide bonds. The summed E-state index contributed by atoms with van der Waals surface area (Å²) < 4.78 is 0. The maximum Gasteiger partial charge on any atom is 0.244 e. The molecule has 1 aromatic carbocycles. The Morgan fingerprint density at radius 3 is 2.57 bits per heavy atom. The van der Waals surface area contributed by atoms with E-state index in [-0.39, 0.29) is 18.4 Å². The van der Waals surface area contributed by atoms with E-state index in [1.54, 1.807) is 16.7 Å². The van der Waals surface area contributed by atoms with E-state index >= 15 is 0 Å². The molecule has 5 nitrogen and oxygen atoms in total. The van der Waals surface area contributed by atoms with E-state index in [9.17, 15) is 9.59 Å². The van der Waals surface area contributed by atoms with Crippen molar-refractivity contribution in [1.82, 2.24) is 4.90 Å². The van der Waals surface area contributed by atoms with Crippen molar-refractivity contribution >= 4 is 35.0 Å². The Bertz CT molecular complexity index is 568. The summed E-state index contributed by atoms with van der Waals surface area (Å²) in [5.41, 5.74) is 1.99. The largest absolute Gasteiger partial charge is 0.372 e. The summed E-state index contributed by atoms with van der Waals surface area (Å²) in [6.07, 6.45) is 2.47. The van der Waals surface area contributed by atoms with Crippen molar-refractivity contribution in [3.05, 3.63) is 24.3 Å². The molecule has 1 aromatic rings. The third kappa shape index (κ3) is 4.19. The number of nitrogens with one attached hydrogen (secondary N) is 1. The molecular weight excluding hydrogens is 310 g/mol. The maximum atomic E-state index is 12.0. The molecule has 0 unspecified atom stereocenters. The van der Waals surface area contributed by atoms with Crippen LogP contribution in [0.4, 0.5) is 11.4 Å². The first kappa shape index (κ1) is 16.2. The number of amides is 2. The average Bonchev–Trinajstić information content (AvgIpc) is 2.94. The average molecular weight is 333 g/mol. The SMILES string of the molecule is CC1CCN(c2ccc(NC(=O)CN3CSCC3=O)cc2)CC1. The summed E-state index contributed by atoms with van der Waals surface area (Å²) in [5, 5.41) is 2.87. The van der Waals surface area contributed by atoms with Gasteiger partial charge in [-0.25, -0.2) is 0 Å². The molecule has 23 heavy (non-hydrogen) atoms. The van der Waals surface area contributed by atoms with Crippen molar-refractivity contribution in [2.45, 2.75) is 19.8 Å². The fourth-order valence-electron chi connectivity index (χ4n) is 2.94. The van der Waals surface area contributed by atoms with Gasteiger partial charge in [0, 0.05) is 24.5 Å². The third-order valence-corrected chi connectivity index (χ3v) is 5.40. The molecule has 2 heterocycles. The smallest absolute Gasteiger partial charge is 0.244 e. The van der Waals surface area contributed by atoms with Gasteiger partial charge in [0.25, 0.3) is 0 Å². The minimum Gasteiger partial charge on any atom is -0.372 e. The molecule has 0 aliphatic carbocycles. The van der Waals surface area contributed by atoms with E-state index < -0.39 is 0 Å². The Morgan fingerprint density at radius 1 is 1.26 bits per heavy atom. The zero-order valence-corrected chi connectivity index (χ0v) is 14.3. The molecule has 6 heteroatoms. The van der Waals surface area contributed by atoms with Gasteiger partial charge in [0.15, 0.2) is 0 Å². The number of rotatable bonds is 4. The highest BCUT2D eigenvalue weighted by Crippen LogP contribution is 2.24. The van der Waals surface area contributed by atoms with Crippen molar-refractivity contribution in [3.63, 3.8) is 0 Å². The lowest BCUT2D eigenvalue weighted by Crippen LogP contribution is -2.34. The van der Waals surface area contributed by atoms with E-state index in [1.165, 1.54) is 18.5 Å². The molecule has 0 radical (unpaired) electrons. The molecule has 0 saturated carbocycles. The first-order chi connectivity index (χ1) is 11.1. The van der Waals surface area contributed by atoms with Crippen LogP contribution in [0.2, 0.25) is 0 Å². The minimum absolute atomic E-state index is 0.0415. The second-order valence-corrected chi connectivity index (χ2v) is 7.29. The maximum absolute atomic E-state index is 12.0. The fraction of sp³-hybridized carbons (Fsp3) is 0.529. The normalized spacial score (nSPS) is 19.3. The van der Waals surface area contributed by atoms with E-state index in [0.717, 1.165) is 24.7 Å². The molecule has 2 fully saturated rings. The van der Waals surface area contributed by atoms with Crippen LogP contribution in [0.1, 0.15) is 19.8 Å². The number of nitrogens with zero attached hydrogens (tertiary/aromatic N) is 2. The van der Waals surface area contributed by atoms with E-state index in [1.807, 2.05) is 12.1 Å². The van der Waals surface area contributed by atoms with Gasteiger partial charge in [-0.15, -0.1) is 11.8 Å². The number of anilines is 2. The molecule has 2 aliphatic heterocycles. The predicted octanol–water partition coefficient (Wildman–Crippen LogP) is 2.39. The van der Waals surface area contributed by atoms with Crippen LogP contribution in [-0.2, 0) is 9.59 Å². The van der Waals surface area contributed by atoms with Gasteiger partial charge in [-0.2, -0.15) is 0 Å². The number of carbonyl (C=O) groups is 2. The van der Waals surface area contributed by atoms with Crippen LogP contribution in [0.5, 0.6) is 0 Å². The third-order valence-electron chi connectivity index (χ3n) is 4.46. The lowest BCUT2D eigenvalue weighted by molar-refractivity contribution is -0.130. The van der Waals surface area contributed by atoms with Crippen LogP contribution in [0.3, 0.4) is 0 Å². The molecule has 1 N–H and O–H groups in total. The summed E-state index contributed by atoms with van der Waals surface area (Å²) in [7, 11) is 0. The first-order valence-electron chi connectivity index (χ1n) is 8.12. The second kappa shape index (κ2) is 7.25. The highest BCUT2D eigenvalue weighted by molar-refractivity contribution is 8.00. The van der Waals surface area contributed by atoms with E-state index in [0.29, 0.717) is 11.6 Å². The van der Waals surface area contributed by atoms with Crippen molar-refractivity contribution in [2.75, 3.05) is 41.5 Å². The summed E-state index contributed by atoms with van der Waals surface area (Å²) in [6, 6.07) is 7.99. The standard InChI is InChI=1S/C17H23N3O2S/c1-13-6-8-19(9-7-13)15-4-2-14(3-5-15)18-16(21)10-20-12-23-11-17(20)22/h2-5,13H,6-12H2,1H3,(H,18,21). The van der Waals surface area contributed by atoms with Gasteiger partial charge in [-0.1, -0.05) is 6.92 Å². The number of piperidine rings is 1. The number of carbonyl (C=O) groups excluding carboxylic acids is 2. The van der Waals surface area contributed by atoms with Crippen LogP contribution in [0.25, 0.3) is 0 Å².